The Balaban J connectivity index is 1.13. The minimum Gasteiger partial charge on any atom is -0.338 e. The topological polar surface area (TPSA) is 102 Å². The first-order chi connectivity index (χ1) is 19.9. The monoisotopic (exact) mass is 552 g/mol. The van der Waals surface area contributed by atoms with Crippen molar-refractivity contribution >= 4 is 28.3 Å². The highest BCUT2D eigenvalue weighted by Crippen LogP contribution is 2.33. The van der Waals surface area contributed by atoms with E-state index in [-0.39, 0.29) is 17.4 Å². The molecule has 0 unspecified atom stereocenters. The third-order valence-electron chi connectivity index (χ3n) is 8.12. The molecular formula is C32H33FN6O2. The lowest BCUT2D eigenvalue weighted by Crippen LogP contribution is -2.40. The molecule has 0 radical (unpaired) electrons. The normalized spacial score (nSPS) is 15.5. The summed E-state index contributed by atoms with van der Waals surface area (Å²) in [6, 6.07) is 17.8. The molecule has 9 heteroatoms. The number of H-pyrrole nitrogens is 1. The van der Waals surface area contributed by atoms with Gasteiger partial charge in [-0.2, -0.15) is 5.10 Å². The van der Waals surface area contributed by atoms with Crippen LogP contribution in [-0.2, 0) is 12.8 Å². The van der Waals surface area contributed by atoms with Gasteiger partial charge in [-0.3, -0.25) is 10.1 Å². The maximum Gasteiger partial charge on any atom is 0.320 e. The molecule has 2 amide bonds. The third kappa shape index (κ3) is 6.05. The van der Waals surface area contributed by atoms with E-state index in [1.807, 2.05) is 42.5 Å². The summed E-state index contributed by atoms with van der Waals surface area (Å²) in [5.41, 5.74) is 4.23. The molecule has 0 spiro atoms. The molecule has 1 aromatic heterocycles. The van der Waals surface area contributed by atoms with E-state index in [2.05, 4.69) is 37.8 Å². The number of hydrogen-bond acceptors (Lipinski definition) is 5. The van der Waals surface area contributed by atoms with Gasteiger partial charge in [0.05, 0.1) is 16.8 Å². The van der Waals surface area contributed by atoms with Crippen LogP contribution in [0.2, 0.25) is 0 Å². The van der Waals surface area contributed by atoms with Gasteiger partial charge >= 0.3 is 6.03 Å². The van der Waals surface area contributed by atoms with Crippen LogP contribution in [0.5, 0.6) is 0 Å². The summed E-state index contributed by atoms with van der Waals surface area (Å²) in [5.74, 6) is 0.903. The van der Waals surface area contributed by atoms with Crippen molar-refractivity contribution in [3.8, 4) is 11.1 Å². The van der Waals surface area contributed by atoms with Gasteiger partial charge in [-0.05, 0) is 86.3 Å². The van der Waals surface area contributed by atoms with E-state index in [1.54, 1.807) is 12.1 Å². The number of carbonyl (C=O) groups is 1. The molecule has 3 aromatic carbocycles. The van der Waals surface area contributed by atoms with Gasteiger partial charge in [0.25, 0.3) is 5.56 Å². The van der Waals surface area contributed by atoms with E-state index < -0.39 is 0 Å². The number of urea groups is 1. The number of hydrogen-bond donors (Lipinski definition) is 3. The fraction of sp³-hybridized carbons (Fsp3) is 0.312. The van der Waals surface area contributed by atoms with Crippen LogP contribution in [0.3, 0.4) is 0 Å². The lowest BCUT2D eigenvalue weighted by molar-refractivity contribution is 0.210. The number of aliphatic imine (C=N–C) groups is 1. The molecule has 3 N–H and O–H groups in total. The van der Waals surface area contributed by atoms with Crippen LogP contribution in [0.4, 0.5) is 14.9 Å². The van der Waals surface area contributed by atoms with Gasteiger partial charge in [-0.1, -0.05) is 36.4 Å². The van der Waals surface area contributed by atoms with E-state index in [0.717, 1.165) is 47.4 Å². The second-order valence-corrected chi connectivity index (χ2v) is 11.0. The van der Waals surface area contributed by atoms with E-state index in [0.29, 0.717) is 47.7 Å². The van der Waals surface area contributed by atoms with E-state index in [4.69, 9.17) is 0 Å². The van der Waals surface area contributed by atoms with Crippen molar-refractivity contribution in [1.29, 1.82) is 0 Å². The number of aromatic amines is 1. The Morgan fingerprint density at radius 1 is 1.07 bits per heavy atom. The highest BCUT2D eigenvalue weighted by atomic mass is 19.1. The fourth-order valence-corrected chi connectivity index (χ4v) is 5.74. The Hall–Kier alpha value is -4.37. The molecule has 0 atom stereocenters. The second kappa shape index (κ2) is 11.6. The molecule has 210 valence electrons. The number of piperidine rings is 1. The predicted molar refractivity (Wildman–Crippen MR) is 159 cm³/mol. The zero-order chi connectivity index (χ0) is 28.3. The lowest BCUT2D eigenvalue weighted by atomic mass is 9.94. The van der Waals surface area contributed by atoms with Crippen molar-refractivity contribution < 1.29 is 9.18 Å². The van der Waals surface area contributed by atoms with Gasteiger partial charge in [-0.25, -0.2) is 19.3 Å². The second-order valence-electron chi connectivity index (χ2n) is 11.0. The van der Waals surface area contributed by atoms with Crippen molar-refractivity contribution in [3.05, 3.63) is 93.7 Å². The number of benzene rings is 3. The molecule has 1 saturated heterocycles. The molecule has 4 aromatic rings. The van der Waals surface area contributed by atoms with E-state index in [1.165, 1.54) is 18.9 Å². The molecule has 8 nitrogen and oxygen atoms in total. The summed E-state index contributed by atoms with van der Waals surface area (Å²) in [6.45, 7) is 2.88. The zero-order valence-corrected chi connectivity index (χ0v) is 23.0. The molecule has 1 fully saturated rings. The number of likely N-dealkylation sites (tertiary alicyclic amines) is 1. The van der Waals surface area contributed by atoms with Crippen LogP contribution in [0.15, 0.2) is 70.5 Å². The van der Waals surface area contributed by atoms with Crippen molar-refractivity contribution in [2.75, 3.05) is 26.7 Å². The Morgan fingerprint density at radius 2 is 1.88 bits per heavy atom. The summed E-state index contributed by atoms with van der Waals surface area (Å²) in [4.78, 5) is 31.6. The Kier molecular flexibility index (Phi) is 7.61. The van der Waals surface area contributed by atoms with Crippen LogP contribution >= 0.6 is 0 Å². The lowest BCUT2D eigenvalue weighted by Gasteiger charge is -2.28. The van der Waals surface area contributed by atoms with E-state index >= 15 is 4.39 Å². The molecule has 2 aliphatic heterocycles. The number of halogens is 1. The fourth-order valence-electron chi connectivity index (χ4n) is 5.74. The quantitative estimate of drug-likeness (QED) is 0.315. The number of nitrogens with zero attached hydrogens (tertiary/aromatic N) is 3. The molecular weight excluding hydrogens is 519 g/mol. The highest BCUT2D eigenvalue weighted by Gasteiger charge is 2.20. The molecule has 3 heterocycles. The number of aromatic nitrogens is 2. The molecule has 2 aliphatic rings. The van der Waals surface area contributed by atoms with Crippen LogP contribution in [0, 0.1) is 11.7 Å². The zero-order valence-electron chi connectivity index (χ0n) is 23.0. The standard InChI is InChI=1S/C32H33FN6O2/c1-39-14-11-20(12-15-39)10-13-34-32(41)36-30-19-23-8-7-22(18-28(23)35-30)26-16-21(6-9-27(26)33)17-29-24-4-2-3-5-25(24)31(40)38-37-29/h2-9,16,18,20H,10-15,17,19H2,1H3,(H,38,40)(H2,34,35,36,41). The minimum absolute atomic E-state index is 0.234. The first-order valence-corrected chi connectivity index (χ1v) is 14.1. The number of fused-ring (bicyclic) bond motifs is 2. The van der Waals surface area contributed by atoms with Crippen molar-refractivity contribution in [2.24, 2.45) is 10.9 Å². The SMILES string of the molecule is CN1CCC(CCNC(=O)NC2=Nc3cc(-c4cc(Cc5n[nH]c(=O)c6ccccc56)ccc4F)ccc3C2)CC1. The first-order valence-electron chi connectivity index (χ1n) is 14.1. The smallest absolute Gasteiger partial charge is 0.320 e. The van der Waals surface area contributed by atoms with Gasteiger partial charge in [0.1, 0.15) is 11.7 Å². The highest BCUT2D eigenvalue weighted by molar-refractivity contribution is 6.02. The van der Waals surface area contributed by atoms with Crippen molar-refractivity contribution in [3.63, 3.8) is 0 Å². The maximum absolute atomic E-state index is 15.0. The number of amidine groups is 1. The van der Waals surface area contributed by atoms with Gasteiger partial charge in [0, 0.05) is 30.3 Å². The van der Waals surface area contributed by atoms with E-state index in [9.17, 15) is 9.59 Å². The van der Waals surface area contributed by atoms with Gasteiger partial charge in [-0.15, -0.1) is 0 Å². The van der Waals surface area contributed by atoms with Gasteiger partial charge in [0.15, 0.2) is 0 Å². The minimum atomic E-state index is -0.336. The summed E-state index contributed by atoms with van der Waals surface area (Å²) in [5, 5.41) is 14.0. The third-order valence-corrected chi connectivity index (χ3v) is 8.12. The number of rotatable bonds is 6. The van der Waals surface area contributed by atoms with Crippen molar-refractivity contribution in [2.45, 2.75) is 32.1 Å². The Bertz CT molecular complexity index is 1690. The first kappa shape index (κ1) is 26.8. The molecule has 6 rings (SSSR count). The summed E-state index contributed by atoms with van der Waals surface area (Å²) in [7, 11) is 2.15. The molecule has 41 heavy (non-hydrogen) atoms. The molecule has 0 bridgehead atoms. The molecule has 0 saturated carbocycles. The average molecular weight is 553 g/mol. The Morgan fingerprint density at radius 3 is 2.71 bits per heavy atom. The largest absolute Gasteiger partial charge is 0.338 e. The molecule has 0 aliphatic carbocycles. The summed E-state index contributed by atoms with van der Waals surface area (Å²) >= 11 is 0. The Labute approximate surface area is 237 Å². The number of nitrogens with one attached hydrogen (secondary N) is 3. The summed E-state index contributed by atoms with van der Waals surface area (Å²) < 4.78 is 15.0. The van der Waals surface area contributed by atoms with Gasteiger partial charge in [0.2, 0.25) is 0 Å². The van der Waals surface area contributed by atoms with Crippen LogP contribution in [-0.4, -0.2) is 53.6 Å². The predicted octanol–water partition coefficient (Wildman–Crippen LogP) is 4.94. The van der Waals surface area contributed by atoms with Crippen molar-refractivity contribution in [1.82, 2.24) is 25.7 Å². The van der Waals surface area contributed by atoms with Crippen LogP contribution in [0.1, 0.15) is 36.1 Å². The maximum atomic E-state index is 15.0. The van der Waals surface area contributed by atoms with Crippen LogP contribution in [0.25, 0.3) is 21.9 Å². The average Bonchev–Trinajstić information content (AvgIpc) is 3.38. The van der Waals surface area contributed by atoms with Crippen LogP contribution < -0.4 is 16.2 Å². The summed E-state index contributed by atoms with van der Waals surface area (Å²) in [6.07, 6.45) is 4.29. The van der Waals surface area contributed by atoms with Gasteiger partial charge < -0.3 is 10.2 Å². The number of carbonyl (C=O) groups excluding carboxylic acids is 1. The number of amides is 2.